The van der Waals surface area contributed by atoms with Gasteiger partial charge in [-0.1, -0.05) is 23.7 Å². The fourth-order valence-corrected chi connectivity index (χ4v) is 3.67. The fourth-order valence-electron chi connectivity index (χ4n) is 3.51. The van der Waals surface area contributed by atoms with Crippen molar-refractivity contribution in [3.05, 3.63) is 68.2 Å². The minimum atomic E-state index is -0.617. The number of nitro groups is 1. The highest BCUT2D eigenvalue weighted by molar-refractivity contribution is 6.31. The highest BCUT2D eigenvalue weighted by atomic mass is 35.5. The molecule has 3 aromatic rings. The molecule has 0 saturated carbocycles. The van der Waals surface area contributed by atoms with Gasteiger partial charge in [0.25, 0.3) is 5.69 Å². The SMILES string of the molecule is O=C(Cn1c(=O)oc2cc(Cl)ccc21)N1CCN(c2ccccc2[N+](=O)[O-])CC1. The van der Waals surface area contributed by atoms with Crippen LogP contribution in [0.25, 0.3) is 11.1 Å². The van der Waals surface area contributed by atoms with Crippen molar-refractivity contribution in [2.75, 3.05) is 31.1 Å². The number of carbonyl (C=O) groups is 1. The third kappa shape index (κ3) is 3.68. The lowest BCUT2D eigenvalue weighted by atomic mass is 10.2. The summed E-state index contributed by atoms with van der Waals surface area (Å²) in [6.45, 7) is 1.60. The molecule has 1 aliphatic heterocycles. The third-order valence-corrected chi connectivity index (χ3v) is 5.21. The van der Waals surface area contributed by atoms with Gasteiger partial charge in [0, 0.05) is 43.3 Å². The van der Waals surface area contributed by atoms with Crippen molar-refractivity contribution in [1.29, 1.82) is 0 Å². The largest absolute Gasteiger partial charge is 0.420 e. The van der Waals surface area contributed by atoms with Gasteiger partial charge in [0.2, 0.25) is 5.91 Å². The molecule has 1 saturated heterocycles. The van der Waals surface area contributed by atoms with Gasteiger partial charge >= 0.3 is 5.76 Å². The summed E-state index contributed by atoms with van der Waals surface area (Å²) in [5.74, 6) is -0.832. The van der Waals surface area contributed by atoms with Crippen LogP contribution in [0, 0.1) is 10.1 Å². The van der Waals surface area contributed by atoms with E-state index in [2.05, 4.69) is 0 Å². The number of benzene rings is 2. The molecule has 0 N–H and O–H groups in total. The second kappa shape index (κ2) is 7.59. The Balaban J connectivity index is 1.46. The Morgan fingerprint density at radius 2 is 1.86 bits per heavy atom. The molecule has 0 aliphatic carbocycles. The van der Waals surface area contributed by atoms with E-state index in [0.717, 1.165) is 0 Å². The number of rotatable bonds is 4. The van der Waals surface area contributed by atoms with Crippen molar-refractivity contribution in [3.63, 3.8) is 0 Å². The van der Waals surface area contributed by atoms with Crippen molar-refractivity contribution in [2.24, 2.45) is 0 Å². The van der Waals surface area contributed by atoms with Gasteiger partial charge in [-0.2, -0.15) is 0 Å². The molecule has 1 aromatic heterocycles. The van der Waals surface area contributed by atoms with Gasteiger partial charge in [-0.25, -0.2) is 4.79 Å². The zero-order valence-electron chi connectivity index (χ0n) is 15.3. The second-order valence-electron chi connectivity index (χ2n) is 6.68. The van der Waals surface area contributed by atoms with E-state index in [1.165, 1.54) is 16.7 Å². The van der Waals surface area contributed by atoms with E-state index in [4.69, 9.17) is 16.0 Å². The minimum Gasteiger partial charge on any atom is -0.408 e. The molecule has 0 bridgehead atoms. The Bertz CT molecular complexity index is 1150. The summed E-state index contributed by atoms with van der Waals surface area (Å²) in [6, 6.07) is 11.4. The molecule has 29 heavy (non-hydrogen) atoms. The molecule has 150 valence electrons. The van der Waals surface area contributed by atoms with E-state index in [0.29, 0.717) is 48.0 Å². The van der Waals surface area contributed by atoms with Crippen LogP contribution in [0.15, 0.2) is 51.7 Å². The number of anilines is 1. The number of carbonyl (C=O) groups excluding carboxylic acids is 1. The van der Waals surface area contributed by atoms with Crippen LogP contribution < -0.4 is 10.7 Å². The molecule has 1 amide bonds. The first-order chi connectivity index (χ1) is 13.9. The topological polar surface area (TPSA) is 102 Å². The maximum Gasteiger partial charge on any atom is 0.420 e. The van der Waals surface area contributed by atoms with Gasteiger partial charge in [0.1, 0.15) is 12.2 Å². The molecule has 0 spiro atoms. The maximum absolute atomic E-state index is 12.7. The van der Waals surface area contributed by atoms with Crippen LogP contribution in [0.1, 0.15) is 0 Å². The lowest BCUT2D eigenvalue weighted by Gasteiger charge is -2.35. The van der Waals surface area contributed by atoms with Crippen LogP contribution in [0.4, 0.5) is 11.4 Å². The highest BCUT2D eigenvalue weighted by Crippen LogP contribution is 2.28. The van der Waals surface area contributed by atoms with E-state index < -0.39 is 10.7 Å². The second-order valence-corrected chi connectivity index (χ2v) is 7.12. The predicted molar refractivity (Wildman–Crippen MR) is 107 cm³/mol. The molecular formula is C19H17ClN4O5. The number of oxazole rings is 1. The number of amides is 1. The number of fused-ring (bicyclic) bond motifs is 1. The van der Waals surface area contributed by atoms with Gasteiger partial charge in [-0.15, -0.1) is 0 Å². The molecule has 2 aromatic carbocycles. The number of hydrogen-bond acceptors (Lipinski definition) is 6. The number of nitro benzene ring substituents is 1. The molecule has 1 fully saturated rings. The van der Waals surface area contributed by atoms with Crippen molar-refractivity contribution in [1.82, 2.24) is 9.47 Å². The van der Waals surface area contributed by atoms with Crippen LogP contribution in [-0.4, -0.2) is 46.5 Å². The van der Waals surface area contributed by atoms with Crippen molar-refractivity contribution in [3.8, 4) is 0 Å². The van der Waals surface area contributed by atoms with Crippen LogP contribution in [-0.2, 0) is 11.3 Å². The van der Waals surface area contributed by atoms with E-state index >= 15 is 0 Å². The van der Waals surface area contributed by atoms with Crippen LogP contribution in [0.3, 0.4) is 0 Å². The highest BCUT2D eigenvalue weighted by Gasteiger charge is 2.26. The summed E-state index contributed by atoms with van der Waals surface area (Å²) in [5, 5.41) is 11.7. The van der Waals surface area contributed by atoms with Crippen LogP contribution in [0.5, 0.6) is 0 Å². The molecule has 0 radical (unpaired) electrons. The van der Waals surface area contributed by atoms with Gasteiger partial charge < -0.3 is 14.2 Å². The van der Waals surface area contributed by atoms with E-state index in [9.17, 15) is 19.7 Å². The first-order valence-electron chi connectivity index (χ1n) is 8.99. The van der Waals surface area contributed by atoms with Gasteiger partial charge in [0.05, 0.1) is 10.4 Å². The number of aromatic nitrogens is 1. The summed E-state index contributed by atoms with van der Waals surface area (Å²) in [6.07, 6.45) is 0. The van der Waals surface area contributed by atoms with E-state index in [1.54, 1.807) is 35.2 Å². The zero-order chi connectivity index (χ0) is 20.5. The summed E-state index contributed by atoms with van der Waals surface area (Å²) < 4.78 is 6.44. The predicted octanol–water partition coefficient (Wildman–Crippen LogP) is 2.50. The third-order valence-electron chi connectivity index (χ3n) is 4.98. The van der Waals surface area contributed by atoms with Crippen molar-refractivity contribution < 1.29 is 14.1 Å². The minimum absolute atomic E-state index is 0.0438. The van der Waals surface area contributed by atoms with Gasteiger partial charge in [0.15, 0.2) is 5.58 Å². The van der Waals surface area contributed by atoms with Crippen molar-refractivity contribution in [2.45, 2.75) is 6.54 Å². The van der Waals surface area contributed by atoms with E-state index in [-0.39, 0.29) is 18.1 Å². The average Bonchev–Trinajstić information content (AvgIpc) is 3.02. The Morgan fingerprint density at radius 3 is 2.59 bits per heavy atom. The quantitative estimate of drug-likeness (QED) is 0.478. The van der Waals surface area contributed by atoms with E-state index in [1.807, 2.05) is 4.90 Å². The Labute approximate surface area is 169 Å². The number of hydrogen-bond donors (Lipinski definition) is 0. The normalized spacial score (nSPS) is 14.4. The number of piperazine rings is 1. The molecule has 10 heteroatoms. The summed E-state index contributed by atoms with van der Waals surface area (Å²) >= 11 is 5.91. The maximum atomic E-state index is 12.7. The Kier molecular flexibility index (Phi) is 4.98. The zero-order valence-corrected chi connectivity index (χ0v) is 16.0. The lowest BCUT2D eigenvalue weighted by molar-refractivity contribution is -0.384. The average molecular weight is 417 g/mol. The summed E-state index contributed by atoms with van der Waals surface area (Å²) in [7, 11) is 0. The standard InChI is InChI=1S/C19H17ClN4O5/c20-13-5-6-16-17(11-13)29-19(26)23(16)12-18(25)22-9-7-21(8-10-22)14-3-1-2-4-15(14)24(27)28/h1-6,11H,7-10,12H2. The molecular weight excluding hydrogens is 400 g/mol. The molecule has 9 nitrogen and oxygen atoms in total. The molecule has 2 heterocycles. The summed E-state index contributed by atoms with van der Waals surface area (Å²) in [4.78, 5) is 39.2. The fraction of sp³-hybridized carbons (Fsp3) is 0.263. The molecule has 1 aliphatic rings. The Morgan fingerprint density at radius 1 is 1.14 bits per heavy atom. The molecule has 0 atom stereocenters. The monoisotopic (exact) mass is 416 g/mol. The van der Waals surface area contributed by atoms with Crippen LogP contribution >= 0.6 is 11.6 Å². The molecule has 4 rings (SSSR count). The van der Waals surface area contributed by atoms with Gasteiger partial charge in [-0.05, 0) is 18.2 Å². The van der Waals surface area contributed by atoms with Crippen molar-refractivity contribution >= 4 is 40.0 Å². The van der Waals surface area contributed by atoms with Crippen LogP contribution in [0.2, 0.25) is 5.02 Å². The summed E-state index contributed by atoms with van der Waals surface area (Å²) in [5.41, 5.74) is 1.42. The smallest absolute Gasteiger partial charge is 0.408 e. The number of nitrogens with zero attached hydrogens (tertiary/aromatic N) is 4. The number of halogens is 1. The van der Waals surface area contributed by atoms with Gasteiger partial charge in [-0.3, -0.25) is 19.5 Å². The number of para-hydroxylation sites is 2. The Hall–Kier alpha value is -3.33. The first kappa shape index (κ1) is 19.0. The first-order valence-corrected chi connectivity index (χ1v) is 9.37. The molecule has 0 unspecified atom stereocenters. The lowest BCUT2D eigenvalue weighted by Crippen LogP contribution is -2.50.